The monoisotopic (exact) mass is 434 g/mol. The third-order valence-electron chi connectivity index (χ3n) is 9.00. The largest absolute Gasteiger partial charge is 0.475 e. The molecule has 0 aromatic heterocycles. The Morgan fingerprint density at radius 3 is 2.52 bits per heavy atom. The second-order valence-corrected chi connectivity index (χ2v) is 10.7. The van der Waals surface area contributed by atoms with E-state index in [1.807, 2.05) is 20.8 Å². The summed E-state index contributed by atoms with van der Waals surface area (Å²) in [4.78, 5) is 48.3. The van der Waals surface area contributed by atoms with Crippen molar-refractivity contribution < 1.29 is 33.4 Å². The van der Waals surface area contributed by atoms with Gasteiger partial charge in [-0.3, -0.25) is 14.4 Å². The third-order valence-corrected chi connectivity index (χ3v) is 9.00. The molecule has 0 unspecified atom stereocenters. The first-order chi connectivity index (χ1) is 14.4. The molecule has 3 saturated carbocycles. The molecule has 0 bridgehead atoms. The van der Waals surface area contributed by atoms with Gasteiger partial charge in [-0.15, -0.1) is 0 Å². The van der Waals surface area contributed by atoms with Crippen molar-refractivity contribution in [1.82, 2.24) is 0 Å². The van der Waals surface area contributed by atoms with E-state index in [0.717, 1.165) is 0 Å². The van der Waals surface area contributed by atoms with Crippen LogP contribution in [0.2, 0.25) is 0 Å². The topological polar surface area (TPSA) is 97.7 Å². The van der Waals surface area contributed by atoms with Crippen molar-refractivity contribution in [2.45, 2.75) is 72.1 Å². The number of fused-ring (bicyclic) bond motifs is 5. The molecule has 3 fully saturated rings. The number of ether oxygens (including phenoxy) is 1. The Bertz CT molecular complexity index is 879. The summed E-state index contributed by atoms with van der Waals surface area (Å²) in [6.07, 6.45) is 1.71. The molecule has 0 aromatic carbocycles. The Morgan fingerprint density at radius 2 is 1.90 bits per heavy atom. The van der Waals surface area contributed by atoms with Crippen LogP contribution in [-0.4, -0.2) is 40.9 Å². The minimum absolute atomic E-state index is 0.0399. The fourth-order valence-corrected chi connectivity index (χ4v) is 8.04. The molecule has 4 rings (SSSR count). The average Bonchev–Trinajstić information content (AvgIpc) is 2.92. The average molecular weight is 435 g/mol. The number of esters is 1. The molecule has 0 radical (unpaired) electrons. The lowest BCUT2D eigenvalue weighted by Gasteiger charge is -2.60. The Labute approximate surface area is 181 Å². The van der Waals surface area contributed by atoms with Gasteiger partial charge in [0.05, 0.1) is 0 Å². The molecule has 0 amide bonds. The fourth-order valence-electron chi connectivity index (χ4n) is 8.04. The number of halogens is 1. The summed E-state index contributed by atoms with van der Waals surface area (Å²) >= 11 is 0. The maximum absolute atomic E-state index is 15.5. The van der Waals surface area contributed by atoms with Crippen molar-refractivity contribution in [2.75, 3.05) is 0 Å². The lowest BCUT2D eigenvalue weighted by atomic mass is 9.45. The zero-order chi connectivity index (χ0) is 22.9. The van der Waals surface area contributed by atoms with Gasteiger partial charge >= 0.3 is 11.9 Å². The van der Waals surface area contributed by atoms with Crippen LogP contribution in [0.5, 0.6) is 0 Å². The van der Waals surface area contributed by atoms with Crippen LogP contribution in [0.15, 0.2) is 11.6 Å². The molecule has 0 aliphatic heterocycles. The number of carboxylic acids is 1. The first-order valence-electron chi connectivity index (χ1n) is 11.2. The van der Waals surface area contributed by atoms with E-state index in [9.17, 15) is 24.3 Å². The molecule has 31 heavy (non-hydrogen) atoms. The summed E-state index contributed by atoms with van der Waals surface area (Å²) in [5, 5.41) is 9.44. The maximum atomic E-state index is 15.5. The molecule has 0 saturated heterocycles. The molecule has 7 heteroatoms. The second-order valence-electron chi connectivity index (χ2n) is 10.7. The first-order valence-corrected chi connectivity index (χ1v) is 11.2. The van der Waals surface area contributed by atoms with Gasteiger partial charge in [-0.2, -0.15) is 0 Å². The Morgan fingerprint density at radius 1 is 1.23 bits per heavy atom. The third kappa shape index (κ3) is 3.18. The lowest BCUT2D eigenvalue weighted by Crippen LogP contribution is -2.60. The number of allylic oxidation sites excluding steroid dienone is 1. The van der Waals surface area contributed by atoms with Crippen molar-refractivity contribution in [2.24, 2.45) is 40.4 Å². The van der Waals surface area contributed by atoms with Crippen LogP contribution >= 0.6 is 0 Å². The highest BCUT2D eigenvalue weighted by molar-refractivity contribution is 6.33. The molecule has 4 aliphatic carbocycles. The highest BCUT2D eigenvalue weighted by atomic mass is 19.1. The van der Waals surface area contributed by atoms with E-state index >= 15 is 4.39 Å². The maximum Gasteiger partial charge on any atom is 0.372 e. The van der Waals surface area contributed by atoms with Gasteiger partial charge in [0.1, 0.15) is 12.3 Å². The molecule has 4 aliphatic rings. The van der Waals surface area contributed by atoms with Crippen molar-refractivity contribution in [1.29, 1.82) is 0 Å². The smallest absolute Gasteiger partial charge is 0.372 e. The van der Waals surface area contributed by atoms with Crippen LogP contribution in [0.25, 0.3) is 0 Å². The predicted octanol–water partition coefficient (Wildman–Crippen LogP) is 3.52. The van der Waals surface area contributed by atoms with Crippen LogP contribution in [0.3, 0.4) is 0 Å². The number of aliphatic carboxylic acids is 1. The molecule has 0 aromatic rings. The molecule has 0 heterocycles. The molecular formula is C24H31FO6. The van der Waals surface area contributed by atoms with E-state index in [1.165, 1.54) is 13.0 Å². The van der Waals surface area contributed by atoms with Crippen molar-refractivity contribution in [3.05, 3.63) is 11.6 Å². The Balaban J connectivity index is 1.82. The molecule has 170 valence electrons. The zero-order valence-corrected chi connectivity index (χ0v) is 18.5. The molecule has 9 atom stereocenters. The van der Waals surface area contributed by atoms with E-state index < -0.39 is 46.7 Å². The first kappa shape index (κ1) is 22.2. The van der Waals surface area contributed by atoms with Gasteiger partial charge in [-0.25, -0.2) is 9.18 Å². The highest BCUT2D eigenvalue weighted by Gasteiger charge is 2.67. The summed E-state index contributed by atoms with van der Waals surface area (Å²) in [7, 11) is 0. The van der Waals surface area contributed by atoms with E-state index in [4.69, 9.17) is 4.74 Å². The summed E-state index contributed by atoms with van der Waals surface area (Å²) in [5.74, 6) is -3.95. The summed E-state index contributed by atoms with van der Waals surface area (Å²) in [6.45, 7) is 7.13. The summed E-state index contributed by atoms with van der Waals surface area (Å²) in [6, 6.07) is 0. The Kier molecular flexibility index (Phi) is 5.17. The number of carboxylic acid groups (broad SMARTS) is 1. The van der Waals surface area contributed by atoms with E-state index in [-0.39, 0.29) is 35.9 Å². The summed E-state index contributed by atoms with van der Waals surface area (Å²) < 4.78 is 21.3. The molecule has 6 nitrogen and oxygen atoms in total. The number of Topliss-reactive ketones (excluding diaryl/α,β-unsaturated/α-hetero) is 1. The minimum Gasteiger partial charge on any atom is -0.475 e. The van der Waals surface area contributed by atoms with E-state index in [0.29, 0.717) is 31.3 Å². The van der Waals surface area contributed by atoms with Gasteiger partial charge in [-0.05, 0) is 65.9 Å². The number of carbonyl (C=O) groups excluding carboxylic acids is 3. The van der Waals surface area contributed by atoms with Gasteiger partial charge in [0.2, 0.25) is 5.78 Å². The number of hydrogen-bond donors (Lipinski definition) is 1. The van der Waals surface area contributed by atoms with Crippen LogP contribution in [0.4, 0.5) is 4.39 Å². The Hall–Kier alpha value is -2.05. The molecule has 1 N–H and O–H groups in total. The van der Waals surface area contributed by atoms with Gasteiger partial charge < -0.3 is 9.84 Å². The predicted molar refractivity (Wildman–Crippen MR) is 109 cm³/mol. The van der Waals surface area contributed by atoms with Crippen LogP contribution in [-0.2, 0) is 23.9 Å². The quantitative estimate of drug-likeness (QED) is 0.539. The molecule has 0 spiro atoms. The van der Waals surface area contributed by atoms with Crippen LogP contribution < -0.4 is 0 Å². The number of alkyl halides is 1. The number of ketones is 2. The van der Waals surface area contributed by atoms with E-state index in [1.54, 1.807) is 0 Å². The van der Waals surface area contributed by atoms with Crippen molar-refractivity contribution in [3.63, 3.8) is 0 Å². The van der Waals surface area contributed by atoms with Gasteiger partial charge in [0.25, 0.3) is 0 Å². The van der Waals surface area contributed by atoms with E-state index in [2.05, 4.69) is 0 Å². The number of carbonyl (C=O) groups is 4. The van der Waals surface area contributed by atoms with Crippen LogP contribution in [0.1, 0.15) is 59.8 Å². The molecular weight excluding hydrogens is 403 g/mol. The lowest BCUT2D eigenvalue weighted by molar-refractivity contribution is -0.180. The van der Waals surface area contributed by atoms with Crippen molar-refractivity contribution in [3.8, 4) is 0 Å². The zero-order valence-electron chi connectivity index (χ0n) is 18.5. The number of rotatable bonds is 3. The highest BCUT2D eigenvalue weighted by Crippen LogP contribution is 2.68. The van der Waals surface area contributed by atoms with Crippen molar-refractivity contribution >= 4 is 23.5 Å². The normalized spacial score (nSPS) is 46.3. The van der Waals surface area contributed by atoms with Gasteiger partial charge in [0, 0.05) is 25.2 Å². The van der Waals surface area contributed by atoms with Crippen LogP contribution in [0, 0.1) is 40.4 Å². The minimum atomic E-state index is -1.44. The SMILES string of the molecule is CC(=O)O[C@H]1C[C@@]2(C)[C@@H](C[C@@H](C)[C@@H]2C(=O)C(=O)O)[C@@H]2C[C@H](F)C3=CC(=O)CC[C@]3(C)[C@H]21. The summed E-state index contributed by atoms with van der Waals surface area (Å²) in [5.41, 5.74) is -0.775. The standard InChI is InChI=1S/C24H31FO6/c1-11-7-15-14-9-17(25)16-8-13(27)5-6-23(16,3)20(14)18(31-12(2)26)10-24(15,4)19(11)21(28)22(29)30/h8,11,14-15,17-20H,5-7,9-10H2,1-4H3,(H,29,30)/t11-,14+,15+,17+,18+,19-,20-,23+,24+/m1/s1. The fraction of sp³-hybridized carbons (Fsp3) is 0.750. The second kappa shape index (κ2) is 7.24. The van der Waals surface area contributed by atoms with Gasteiger partial charge in [0.15, 0.2) is 5.78 Å². The number of hydrogen-bond acceptors (Lipinski definition) is 5. The van der Waals surface area contributed by atoms with Gasteiger partial charge in [-0.1, -0.05) is 20.8 Å².